The summed E-state index contributed by atoms with van der Waals surface area (Å²) in [4.78, 5) is 15.0. The Bertz CT molecular complexity index is 3150. The summed E-state index contributed by atoms with van der Waals surface area (Å²) >= 11 is 0. The molecule has 60 heavy (non-hydrogen) atoms. The van der Waals surface area contributed by atoms with Gasteiger partial charge in [0.15, 0.2) is 17.5 Å². The summed E-state index contributed by atoms with van der Waals surface area (Å²) in [6.07, 6.45) is 0. The monoisotopic (exact) mass is 770 g/mol. The molecule has 6 nitrogen and oxygen atoms in total. The van der Waals surface area contributed by atoms with E-state index in [0.717, 1.165) is 77.6 Å². The lowest BCUT2D eigenvalue weighted by atomic mass is 9.99. The maximum Gasteiger partial charge on any atom is 0.164 e. The van der Waals surface area contributed by atoms with Gasteiger partial charge in [-0.1, -0.05) is 121 Å². The van der Waals surface area contributed by atoms with Crippen LogP contribution in [0.2, 0.25) is 0 Å². The summed E-state index contributed by atoms with van der Waals surface area (Å²) in [5.74, 6) is 1.28. The van der Waals surface area contributed by atoms with E-state index in [4.69, 9.17) is 15.0 Å². The van der Waals surface area contributed by atoms with E-state index in [1.165, 1.54) is 6.07 Å². The van der Waals surface area contributed by atoms with Gasteiger partial charge in [0.25, 0.3) is 0 Å². The van der Waals surface area contributed by atoms with Crippen LogP contribution in [0.1, 0.15) is 11.1 Å². The van der Waals surface area contributed by atoms with Crippen molar-refractivity contribution in [2.24, 2.45) is 0 Å². The van der Waals surface area contributed by atoms with E-state index in [2.05, 4.69) is 59.2 Å². The van der Waals surface area contributed by atoms with Crippen LogP contribution in [-0.4, -0.2) is 19.5 Å². The molecule has 0 N–H and O–H groups in total. The van der Waals surface area contributed by atoms with Crippen LogP contribution < -0.4 is 0 Å². The van der Waals surface area contributed by atoms with Crippen molar-refractivity contribution in [1.29, 1.82) is 10.5 Å². The van der Waals surface area contributed by atoms with Crippen molar-refractivity contribution in [3.63, 3.8) is 0 Å². The molecule has 10 rings (SSSR count). The molecule has 0 aliphatic heterocycles. The molecule has 0 aliphatic carbocycles. The zero-order valence-corrected chi connectivity index (χ0v) is 32.0. The topological polar surface area (TPSA) is 91.2 Å². The van der Waals surface area contributed by atoms with Gasteiger partial charge in [-0.15, -0.1) is 0 Å². The molecule has 0 aliphatic rings. The Balaban J connectivity index is 1.24. The Kier molecular flexibility index (Phi) is 9.02. The van der Waals surface area contributed by atoms with Gasteiger partial charge in [0.05, 0.1) is 40.0 Å². The second kappa shape index (κ2) is 15.1. The molecule has 0 atom stereocenters. The minimum atomic E-state index is -0.332. The zero-order valence-electron chi connectivity index (χ0n) is 32.0. The van der Waals surface area contributed by atoms with Crippen LogP contribution in [0.5, 0.6) is 0 Å². The molecule has 0 spiro atoms. The minimum Gasteiger partial charge on any atom is -0.309 e. The van der Waals surface area contributed by atoms with Crippen molar-refractivity contribution >= 4 is 21.8 Å². The fourth-order valence-corrected chi connectivity index (χ4v) is 7.81. The fraction of sp³-hybridized carbons (Fsp3) is 0. The van der Waals surface area contributed by atoms with Crippen LogP contribution in [0, 0.1) is 28.5 Å². The largest absolute Gasteiger partial charge is 0.309 e. The number of halogens is 1. The lowest BCUT2D eigenvalue weighted by Crippen LogP contribution is -2.02. The van der Waals surface area contributed by atoms with Gasteiger partial charge in [-0.3, -0.25) is 0 Å². The predicted octanol–water partition coefficient (Wildman–Crippen LogP) is 12.9. The quantitative estimate of drug-likeness (QED) is 0.161. The molecule has 0 amide bonds. The molecular formula is C53H31FN6. The summed E-state index contributed by atoms with van der Waals surface area (Å²) in [6, 6.07) is 64.9. The first-order valence-corrected chi connectivity index (χ1v) is 19.4. The normalized spacial score (nSPS) is 11.1. The lowest BCUT2D eigenvalue weighted by molar-refractivity contribution is 0.628. The molecule has 7 heteroatoms. The average molecular weight is 771 g/mol. The fourth-order valence-electron chi connectivity index (χ4n) is 7.81. The Morgan fingerprint density at radius 3 is 1.32 bits per heavy atom. The highest BCUT2D eigenvalue weighted by atomic mass is 19.1. The second-order valence-electron chi connectivity index (χ2n) is 14.5. The van der Waals surface area contributed by atoms with Crippen molar-refractivity contribution in [1.82, 2.24) is 19.5 Å². The number of nitrogens with zero attached hydrogens (tertiary/aromatic N) is 6. The number of hydrogen-bond acceptors (Lipinski definition) is 5. The number of aromatic nitrogens is 4. The highest BCUT2D eigenvalue weighted by Gasteiger charge is 2.20. The van der Waals surface area contributed by atoms with Crippen molar-refractivity contribution in [2.75, 3.05) is 0 Å². The van der Waals surface area contributed by atoms with Gasteiger partial charge >= 0.3 is 0 Å². The van der Waals surface area contributed by atoms with Crippen molar-refractivity contribution in [2.45, 2.75) is 0 Å². The summed E-state index contributed by atoms with van der Waals surface area (Å²) < 4.78 is 17.3. The van der Waals surface area contributed by atoms with Gasteiger partial charge in [0, 0.05) is 33.0 Å². The van der Waals surface area contributed by atoms with Gasteiger partial charge in [-0.2, -0.15) is 10.5 Å². The maximum absolute atomic E-state index is 15.0. The highest BCUT2D eigenvalue weighted by Crippen LogP contribution is 2.41. The van der Waals surface area contributed by atoms with E-state index < -0.39 is 0 Å². The Hall–Kier alpha value is -8.52. The molecule has 0 saturated carbocycles. The molecule has 0 fully saturated rings. The first kappa shape index (κ1) is 35.9. The number of fused-ring (bicyclic) bond motifs is 3. The van der Waals surface area contributed by atoms with Crippen LogP contribution in [0.3, 0.4) is 0 Å². The molecule has 8 aromatic carbocycles. The van der Waals surface area contributed by atoms with Crippen LogP contribution in [0.25, 0.3) is 95.0 Å². The van der Waals surface area contributed by atoms with Gasteiger partial charge < -0.3 is 4.57 Å². The SMILES string of the molecule is N#Cc1ccc(-c2ccc3c(c2)c2cc(-c4ccc(C#N)cc4)ccc2n3-c2cc(-c3nc(-c4ccccc4)nc(-c4ccccc4)n3)ccc2-c2cccc(F)c2)cc1. The molecule has 10 aromatic rings. The lowest BCUT2D eigenvalue weighted by Gasteiger charge is -2.17. The molecule has 280 valence electrons. The van der Waals surface area contributed by atoms with E-state index >= 15 is 4.39 Å². The Morgan fingerprint density at radius 1 is 0.383 bits per heavy atom. The number of rotatable bonds is 7. The first-order chi connectivity index (χ1) is 29.5. The second-order valence-corrected chi connectivity index (χ2v) is 14.5. The van der Waals surface area contributed by atoms with E-state index in [1.807, 2.05) is 127 Å². The number of hydrogen-bond donors (Lipinski definition) is 0. The van der Waals surface area contributed by atoms with E-state index in [-0.39, 0.29) is 5.82 Å². The zero-order chi connectivity index (χ0) is 40.6. The molecular weight excluding hydrogens is 740 g/mol. The van der Waals surface area contributed by atoms with Gasteiger partial charge in [-0.05, 0) is 94.5 Å². The average Bonchev–Trinajstić information content (AvgIpc) is 3.64. The standard InChI is InChI=1S/C53H31FN6/c54-44-13-7-12-42(28-44)45-25-22-43(53-58-51(38-8-3-1-4-9-38)57-52(59-53)39-10-5-2-6-11-39)31-50(45)60-48-26-23-40(36-18-14-34(32-55)15-19-36)29-46(48)47-30-41(24-27-49(47)60)37-20-16-35(33-56)17-21-37/h1-31H. The van der Waals surface area contributed by atoms with Gasteiger partial charge in [0.1, 0.15) is 5.82 Å². The molecule has 0 bridgehead atoms. The van der Waals surface area contributed by atoms with Crippen LogP contribution in [-0.2, 0) is 0 Å². The number of benzene rings is 8. The third kappa shape index (κ3) is 6.63. The third-order valence-electron chi connectivity index (χ3n) is 10.8. The molecule has 0 radical (unpaired) electrons. The van der Waals surface area contributed by atoms with Crippen molar-refractivity contribution in [3.05, 3.63) is 205 Å². The summed E-state index contributed by atoms with van der Waals surface area (Å²) in [5.41, 5.74) is 11.9. The summed E-state index contributed by atoms with van der Waals surface area (Å²) in [5, 5.41) is 20.9. The third-order valence-corrected chi connectivity index (χ3v) is 10.8. The van der Waals surface area contributed by atoms with Gasteiger partial charge in [0.2, 0.25) is 0 Å². The maximum atomic E-state index is 15.0. The Morgan fingerprint density at radius 2 is 0.833 bits per heavy atom. The minimum absolute atomic E-state index is 0.332. The summed E-state index contributed by atoms with van der Waals surface area (Å²) in [6.45, 7) is 0. The van der Waals surface area contributed by atoms with E-state index in [9.17, 15) is 10.5 Å². The van der Waals surface area contributed by atoms with Crippen LogP contribution in [0.15, 0.2) is 188 Å². The number of nitriles is 2. The van der Waals surface area contributed by atoms with Crippen LogP contribution in [0.4, 0.5) is 4.39 Å². The molecule has 0 unspecified atom stereocenters. The highest BCUT2D eigenvalue weighted by molar-refractivity contribution is 6.12. The van der Waals surface area contributed by atoms with E-state index in [1.54, 1.807) is 12.1 Å². The Labute approximate surface area is 345 Å². The van der Waals surface area contributed by atoms with Crippen molar-refractivity contribution in [3.8, 4) is 85.4 Å². The molecule has 0 saturated heterocycles. The molecule has 2 aromatic heterocycles. The smallest absolute Gasteiger partial charge is 0.164 e. The van der Waals surface area contributed by atoms with Crippen molar-refractivity contribution < 1.29 is 4.39 Å². The summed E-state index contributed by atoms with van der Waals surface area (Å²) in [7, 11) is 0. The van der Waals surface area contributed by atoms with Crippen LogP contribution >= 0.6 is 0 Å². The molecule has 2 heterocycles. The predicted molar refractivity (Wildman–Crippen MR) is 236 cm³/mol. The van der Waals surface area contributed by atoms with Gasteiger partial charge in [-0.25, -0.2) is 19.3 Å². The van der Waals surface area contributed by atoms with E-state index in [0.29, 0.717) is 28.6 Å². The first-order valence-electron chi connectivity index (χ1n) is 19.4.